The van der Waals surface area contributed by atoms with Crippen LogP contribution in [0.1, 0.15) is 103 Å². The molecule has 1 heteroatoms. The Bertz CT molecular complexity index is 162. The number of ether oxygens (including phenoxy) is 1. The van der Waals surface area contributed by atoms with E-state index in [0.717, 1.165) is 36.9 Å². The van der Waals surface area contributed by atoms with Crippen LogP contribution in [-0.2, 0) is 4.74 Å². The summed E-state index contributed by atoms with van der Waals surface area (Å²) in [5, 5.41) is 0. The minimum absolute atomic E-state index is 0. The molecule has 0 aromatic carbocycles. The number of hydrogen-bond acceptors (Lipinski definition) is 1. The molecule has 0 saturated carbocycles. The summed E-state index contributed by atoms with van der Waals surface area (Å²) in [6.07, 6.45) is 3.86. The second-order valence-corrected chi connectivity index (χ2v) is 8.76. The lowest BCUT2D eigenvalue weighted by Crippen LogP contribution is -2.03. The van der Waals surface area contributed by atoms with Gasteiger partial charge in [-0.05, 0) is 48.9 Å². The molecular weight excluding hydrogens is 280 g/mol. The van der Waals surface area contributed by atoms with Gasteiger partial charge in [-0.25, -0.2) is 0 Å². The molecule has 0 amide bonds. The van der Waals surface area contributed by atoms with Crippen molar-refractivity contribution in [2.24, 2.45) is 29.6 Å². The average molecular weight is 333 g/mol. The minimum atomic E-state index is 0. The maximum Gasteiger partial charge on any atom is 0.0488 e. The van der Waals surface area contributed by atoms with Gasteiger partial charge >= 0.3 is 0 Å². The van der Waals surface area contributed by atoms with Crippen LogP contribution < -0.4 is 0 Å². The van der Waals surface area contributed by atoms with Crippen LogP contribution >= 0.6 is 0 Å². The van der Waals surface area contributed by atoms with Crippen LogP contribution in [0, 0.1) is 29.6 Å². The van der Waals surface area contributed by atoms with Gasteiger partial charge in [0.25, 0.3) is 0 Å². The summed E-state index contributed by atoms with van der Waals surface area (Å²) >= 11 is 0. The van der Waals surface area contributed by atoms with Crippen molar-refractivity contribution in [3.05, 3.63) is 0 Å². The quantitative estimate of drug-likeness (QED) is 0.408. The molecule has 0 aliphatic carbocycles. The summed E-state index contributed by atoms with van der Waals surface area (Å²) in [5.41, 5.74) is 0. The van der Waals surface area contributed by atoms with E-state index in [1.165, 1.54) is 19.3 Å². The van der Waals surface area contributed by atoms with Crippen LogP contribution in [0.15, 0.2) is 0 Å². The highest BCUT2D eigenvalue weighted by Crippen LogP contribution is 2.08. The average Bonchev–Trinajstić information content (AvgIpc) is 2.25. The Morgan fingerprint density at radius 1 is 0.609 bits per heavy atom. The predicted octanol–water partition coefficient (Wildman–Crippen LogP) is 8.08. The maximum atomic E-state index is 5.45. The van der Waals surface area contributed by atoms with Gasteiger partial charge < -0.3 is 4.74 Å². The largest absolute Gasteiger partial charge is 0.381 e. The molecule has 0 aromatic heterocycles. The first kappa shape index (κ1) is 30.8. The van der Waals surface area contributed by atoms with E-state index >= 15 is 0 Å². The lowest BCUT2D eigenvalue weighted by atomic mass is 10.0. The highest BCUT2D eigenvalue weighted by Gasteiger charge is 1.96. The third kappa shape index (κ3) is 61.2. The van der Waals surface area contributed by atoms with Crippen LogP contribution in [0.4, 0.5) is 0 Å². The molecule has 0 unspecified atom stereocenters. The minimum Gasteiger partial charge on any atom is -0.381 e. The van der Waals surface area contributed by atoms with Crippen molar-refractivity contribution in [1.82, 2.24) is 0 Å². The molecule has 0 spiro atoms. The van der Waals surface area contributed by atoms with Crippen LogP contribution in [0.3, 0.4) is 0 Å². The molecule has 0 atom stereocenters. The fraction of sp³-hybridized carbons (Fsp3) is 1.00. The van der Waals surface area contributed by atoms with Crippen molar-refractivity contribution in [2.75, 3.05) is 13.2 Å². The van der Waals surface area contributed by atoms with Crippen LogP contribution in [0.25, 0.3) is 0 Å². The molecule has 1 nitrogen and oxygen atoms in total. The smallest absolute Gasteiger partial charge is 0.0488 e. The zero-order valence-corrected chi connectivity index (χ0v) is 17.8. The lowest BCUT2D eigenvalue weighted by Gasteiger charge is -2.07. The fourth-order valence-corrected chi connectivity index (χ4v) is 1.86. The van der Waals surface area contributed by atoms with E-state index < -0.39 is 0 Å². The number of rotatable bonds is 8. The predicted molar refractivity (Wildman–Crippen MR) is 111 cm³/mol. The molecule has 23 heavy (non-hydrogen) atoms. The van der Waals surface area contributed by atoms with Gasteiger partial charge in [-0.15, -0.1) is 0 Å². The van der Waals surface area contributed by atoms with Crippen LogP contribution in [0.5, 0.6) is 0 Å². The van der Waals surface area contributed by atoms with Crippen molar-refractivity contribution < 1.29 is 4.74 Å². The van der Waals surface area contributed by atoms with Crippen LogP contribution in [-0.4, -0.2) is 13.2 Å². The Labute approximate surface area is 151 Å². The summed E-state index contributed by atoms with van der Waals surface area (Å²) in [4.78, 5) is 0. The Kier molecular flexibility index (Phi) is 29.4. The van der Waals surface area contributed by atoms with Gasteiger partial charge in [0, 0.05) is 13.2 Å². The molecule has 146 valence electrons. The summed E-state index contributed by atoms with van der Waals surface area (Å²) in [7, 11) is 0. The van der Waals surface area contributed by atoms with Crippen molar-refractivity contribution in [3.8, 4) is 0 Å². The molecule has 0 fully saturated rings. The fourth-order valence-electron chi connectivity index (χ4n) is 1.86. The van der Waals surface area contributed by atoms with Gasteiger partial charge in [-0.2, -0.15) is 0 Å². The van der Waals surface area contributed by atoms with Gasteiger partial charge in [0.2, 0.25) is 0 Å². The van der Waals surface area contributed by atoms with Gasteiger partial charge in [0.1, 0.15) is 0 Å². The van der Waals surface area contributed by atoms with E-state index in [1.807, 2.05) is 0 Å². The van der Waals surface area contributed by atoms with Crippen LogP contribution in [0.2, 0.25) is 0 Å². The molecule has 0 N–H and O–H groups in total. The van der Waals surface area contributed by atoms with Crippen molar-refractivity contribution in [3.63, 3.8) is 0 Å². The molecule has 0 radical (unpaired) electrons. The summed E-state index contributed by atoms with van der Waals surface area (Å²) < 4.78 is 5.45. The second kappa shape index (κ2) is 22.0. The lowest BCUT2D eigenvalue weighted by molar-refractivity contribution is 0.105. The van der Waals surface area contributed by atoms with Gasteiger partial charge in [0.15, 0.2) is 0 Å². The Morgan fingerprint density at radius 3 is 1.22 bits per heavy atom. The third-order valence-electron chi connectivity index (χ3n) is 2.46. The monoisotopic (exact) mass is 332 g/mol. The van der Waals surface area contributed by atoms with Crippen molar-refractivity contribution in [2.45, 2.75) is 103 Å². The summed E-state index contributed by atoms with van der Waals surface area (Å²) in [6.45, 7) is 26.3. The highest BCUT2D eigenvalue weighted by molar-refractivity contribution is 4.47. The van der Waals surface area contributed by atoms with E-state index in [9.17, 15) is 0 Å². The standard InChI is InChI=1S/C10H22O.C7H16.C4H10.CH4/c1-9(2)6-5-7-11-8-10(3)4;1-6(2)5-7(3)4;1-4(2)3;/h9-10H,5-8H2,1-4H3;6-7H,5H2,1-4H3;4H,1-3H3;1H4. The Morgan fingerprint density at radius 2 is 1.00 bits per heavy atom. The molecular formula is C22H52O. The molecule has 0 aliphatic rings. The second-order valence-electron chi connectivity index (χ2n) is 8.76. The Hall–Kier alpha value is -0.0400. The van der Waals surface area contributed by atoms with Crippen molar-refractivity contribution in [1.29, 1.82) is 0 Å². The number of hydrogen-bond donors (Lipinski definition) is 0. The first-order chi connectivity index (χ1) is 9.98. The van der Waals surface area contributed by atoms with E-state index in [0.29, 0.717) is 5.92 Å². The maximum absolute atomic E-state index is 5.45. The first-order valence-corrected chi connectivity index (χ1v) is 9.56. The topological polar surface area (TPSA) is 9.23 Å². The Balaban J connectivity index is -0.000000130. The molecule has 0 saturated heterocycles. The van der Waals surface area contributed by atoms with Gasteiger partial charge in [-0.1, -0.05) is 83.6 Å². The van der Waals surface area contributed by atoms with E-state index in [2.05, 4.69) is 76.2 Å². The zero-order valence-electron chi connectivity index (χ0n) is 17.8. The summed E-state index contributed by atoms with van der Waals surface area (Å²) in [6, 6.07) is 0. The molecule has 0 rings (SSSR count). The molecule has 0 bridgehead atoms. The van der Waals surface area contributed by atoms with E-state index in [4.69, 9.17) is 4.74 Å². The third-order valence-corrected chi connectivity index (χ3v) is 2.46. The van der Waals surface area contributed by atoms with E-state index in [-0.39, 0.29) is 7.43 Å². The molecule has 0 aliphatic heterocycles. The van der Waals surface area contributed by atoms with Gasteiger partial charge in [-0.3, -0.25) is 0 Å². The SMILES string of the molecule is C.CC(C)C.CC(C)CC(C)C.CC(C)CCCOCC(C)C. The highest BCUT2D eigenvalue weighted by atomic mass is 16.5. The first-order valence-electron chi connectivity index (χ1n) is 9.56. The normalized spacial score (nSPS) is 10.4. The van der Waals surface area contributed by atoms with E-state index in [1.54, 1.807) is 0 Å². The van der Waals surface area contributed by atoms with Gasteiger partial charge in [0.05, 0.1) is 0 Å². The van der Waals surface area contributed by atoms with Crippen molar-refractivity contribution >= 4 is 0 Å². The summed E-state index contributed by atoms with van der Waals surface area (Å²) in [5.74, 6) is 4.08. The molecule has 0 heterocycles. The zero-order chi connectivity index (χ0) is 18.1. The molecule has 0 aromatic rings.